The normalized spacial score (nSPS) is 10.4. The molecular weight excluding hydrogens is 364 g/mol. The van der Waals surface area contributed by atoms with Crippen LogP contribution in [0.5, 0.6) is 5.75 Å². The highest BCUT2D eigenvalue weighted by molar-refractivity contribution is 6.31. The molecule has 0 unspecified atom stereocenters. The second kappa shape index (κ2) is 9.97. The van der Waals surface area contributed by atoms with Gasteiger partial charge in [-0.25, -0.2) is 0 Å². The fraction of sp³-hybridized carbons (Fsp3) is 0.333. The summed E-state index contributed by atoms with van der Waals surface area (Å²) >= 11 is 6.15. The first-order chi connectivity index (χ1) is 12.9. The number of hydrogen-bond acceptors (Lipinski definition) is 3. The summed E-state index contributed by atoms with van der Waals surface area (Å²) in [5, 5.41) is 3.50. The molecule has 0 bridgehead atoms. The van der Waals surface area contributed by atoms with Gasteiger partial charge in [0, 0.05) is 37.1 Å². The van der Waals surface area contributed by atoms with Crippen LogP contribution < -0.4 is 15.0 Å². The lowest BCUT2D eigenvalue weighted by atomic mass is 10.1. The fourth-order valence-corrected chi connectivity index (χ4v) is 2.95. The van der Waals surface area contributed by atoms with E-state index in [0.717, 1.165) is 29.0 Å². The molecule has 2 amide bonds. The number of ether oxygens (including phenoxy) is 1. The lowest BCUT2D eigenvalue weighted by molar-refractivity contribution is -0.121. The van der Waals surface area contributed by atoms with Gasteiger partial charge in [0.1, 0.15) is 5.75 Å². The standard InChI is InChI=1S/C21H25ClN2O3/c1-15-19(22)5-4-6-20(15)24(16(2)25)14-12-21(26)23-13-11-17-7-9-18(27-3)10-8-17/h4-10H,11-14H2,1-3H3,(H,23,26). The summed E-state index contributed by atoms with van der Waals surface area (Å²) in [6.07, 6.45) is 0.966. The first-order valence-electron chi connectivity index (χ1n) is 8.85. The molecule has 5 nitrogen and oxygen atoms in total. The molecule has 0 aliphatic rings. The zero-order valence-electron chi connectivity index (χ0n) is 15.9. The Morgan fingerprint density at radius 2 is 1.85 bits per heavy atom. The van der Waals surface area contributed by atoms with Crippen LogP contribution in [0.3, 0.4) is 0 Å². The van der Waals surface area contributed by atoms with E-state index in [0.29, 0.717) is 18.1 Å². The van der Waals surface area contributed by atoms with Gasteiger partial charge in [-0.2, -0.15) is 0 Å². The Kier molecular flexibility index (Phi) is 7.67. The van der Waals surface area contributed by atoms with Crippen LogP contribution in [0, 0.1) is 6.92 Å². The Balaban J connectivity index is 1.85. The Morgan fingerprint density at radius 3 is 2.48 bits per heavy atom. The number of benzene rings is 2. The summed E-state index contributed by atoms with van der Waals surface area (Å²) < 4.78 is 5.13. The first kappa shape index (κ1) is 20.8. The molecule has 2 rings (SSSR count). The number of anilines is 1. The zero-order valence-corrected chi connectivity index (χ0v) is 16.7. The van der Waals surface area contributed by atoms with Gasteiger partial charge in [0.05, 0.1) is 7.11 Å². The first-order valence-corrected chi connectivity index (χ1v) is 9.23. The van der Waals surface area contributed by atoms with Crippen molar-refractivity contribution in [1.82, 2.24) is 5.32 Å². The van der Waals surface area contributed by atoms with Crippen molar-refractivity contribution in [3.05, 3.63) is 58.6 Å². The van der Waals surface area contributed by atoms with E-state index in [1.54, 1.807) is 24.1 Å². The topological polar surface area (TPSA) is 58.6 Å². The quantitative estimate of drug-likeness (QED) is 0.749. The number of nitrogens with zero attached hydrogens (tertiary/aromatic N) is 1. The maximum atomic E-state index is 12.1. The lowest BCUT2D eigenvalue weighted by Crippen LogP contribution is -2.34. The molecule has 2 aromatic carbocycles. The molecule has 0 heterocycles. The van der Waals surface area contributed by atoms with Crippen molar-refractivity contribution < 1.29 is 14.3 Å². The minimum atomic E-state index is -0.119. The van der Waals surface area contributed by atoms with E-state index in [4.69, 9.17) is 16.3 Å². The van der Waals surface area contributed by atoms with E-state index < -0.39 is 0 Å². The van der Waals surface area contributed by atoms with Crippen LogP contribution in [0.25, 0.3) is 0 Å². The monoisotopic (exact) mass is 388 g/mol. The Morgan fingerprint density at radius 1 is 1.15 bits per heavy atom. The molecule has 0 saturated heterocycles. The summed E-state index contributed by atoms with van der Waals surface area (Å²) in [6.45, 7) is 4.21. The van der Waals surface area contributed by atoms with Gasteiger partial charge in [-0.3, -0.25) is 9.59 Å². The predicted molar refractivity (Wildman–Crippen MR) is 109 cm³/mol. The van der Waals surface area contributed by atoms with E-state index in [1.165, 1.54) is 6.92 Å². The van der Waals surface area contributed by atoms with E-state index in [2.05, 4.69) is 5.32 Å². The van der Waals surface area contributed by atoms with Gasteiger partial charge in [0.2, 0.25) is 11.8 Å². The smallest absolute Gasteiger partial charge is 0.223 e. The summed E-state index contributed by atoms with van der Waals surface area (Å²) in [4.78, 5) is 25.7. The summed E-state index contributed by atoms with van der Waals surface area (Å²) in [7, 11) is 1.63. The Labute approximate surface area is 165 Å². The van der Waals surface area contributed by atoms with Crippen molar-refractivity contribution >= 4 is 29.1 Å². The molecule has 2 aromatic rings. The van der Waals surface area contributed by atoms with Crippen molar-refractivity contribution in [2.75, 3.05) is 25.1 Å². The zero-order chi connectivity index (χ0) is 19.8. The summed E-state index contributed by atoms with van der Waals surface area (Å²) in [5.74, 6) is 0.601. The van der Waals surface area contributed by atoms with Crippen molar-refractivity contribution in [1.29, 1.82) is 0 Å². The molecule has 1 N–H and O–H groups in total. The third-order valence-corrected chi connectivity index (χ3v) is 4.78. The highest BCUT2D eigenvalue weighted by Gasteiger charge is 2.16. The third-order valence-electron chi connectivity index (χ3n) is 4.37. The molecule has 0 spiro atoms. The second-order valence-electron chi connectivity index (χ2n) is 6.25. The van der Waals surface area contributed by atoms with Crippen molar-refractivity contribution in [2.45, 2.75) is 26.7 Å². The highest BCUT2D eigenvalue weighted by Crippen LogP contribution is 2.26. The number of amides is 2. The number of methoxy groups -OCH3 is 1. The molecule has 6 heteroatoms. The summed E-state index contributed by atoms with van der Waals surface area (Å²) in [5.41, 5.74) is 2.69. The molecule has 0 aliphatic heterocycles. The molecule has 0 radical (unpaired) electrons. The molecule has 0 aromatic heterocycles. The number of rotatable bonds is 8. The average molecular weight is 389 g/mol. The highest BCUT2D eigenvalue weighted by atomic mass is 35.5. The molecule has 0 atom stereocenters. The molecule has 0 fully saturated rings. The third kappa shape index (κ3) is 6.00. The minimum absolute atomic E-state index is 0.0885. The number of halogens is 1. The second-order valence-corrected chi connectivity index (χ2v) is 6.66. The van der Waals surface area contributed by atoms with Gasteiger partial charge in [-0.15, -0.1) is 0 Å². The SMILES string of the molecule is COc1ccc(CCNC(=O)CCN(C(C)=O)c2cccc(Cl)c2C)cc1. The summed E-state index contributed by atoms with van der Waals surface area (Å²) in [6, 6.07) is 13.2. The van der Waals surface area contributed by atoms with E-state index in [1.807, 2.05) is 37.3 Å². The number of hydrogen-bond donors (Lipinski definition) is 1. The fourth-order valence-electron chi connectivity index (χ4n) is 2.78. The van der Waals surface area contributed by atoms with Crippen molar-refractivity contribution in [3.8, 4) is 5.75 Å². The predicted octanol–water partition coefficient (Wildman–Crippen LogP) is 3.76. The van der Waals surface area contributed by atoms with Gasteiger partial charge >= 0.3 is 0 Å². The van der Waals surface area contributed by atoms with Crippen LogP contribution in [0.4, 0.5) is 5.69 Å². The van der Waals surface area contributed by atoms with Crippen LogP contribution in [0.2, 0.25) is 5.02 Å². The molecule has 0 aliphatic carbocycles. The number of carbonyl (C=O) groups is 2. The number of nitrogens with one attached hydrogen (secondary N) is 1. The van der Waals surface area contributed by atoms with Gasteiger partial charge in [0.15, 0.2) is 0 Å². The average Bonchev–Trinajstić information content (AvgIpc) is 2.65. The minimum Gasteiger partial charge on any atom is -0.497 e. The van der Waals surface area contributed by atoms with Crippen LogP contribution in [-0.4, -0.2) is 32.0 Å². The molecule has 144 valence electrons. The number of carbonyl (C=O) groups excluding carboxylic acids is 2. The largest absolute Gasteiger partial charge is 0.497 e. The van der Waals surface area contributed by atoms with Crippen LogP contribution in [0.1, 0.15) is 24.5 Å². The van der Waals surface area contributed by atoms with Crippen molar-refractivity contribution in [3.63, 3.8) is 0 Å². The van der Waals surface area contributed by atoms with E-state index in [9.17, 15) is 9.59 Å². The van der Waals surface area contributed by atoms with Gasteiger partial charge < -0.3 is 15.0 Å². The van der Waals surface area contributed by atoms with Crippen LogP contribution in [-0.2, 0) is 16.0 Å². The van der Waals surface area contributed by atoms with Crippen LogP contribution >= 0.6 is 11.6 Å². The Bertz CT molecular complexity index is 791. The maximum absolute atomic E-state index is 12.1. The molecule has 27 heavy (non-hydrogen) atoms. The lowest BCUT2D eigenvalue weighted by Gasteiger charge is -2.23. The van der Waals surface area contributed by atoms with Gasteiger partial charge in [0.25, 0.3) is 0 Å². The van der Waals surface area contributed by atoms with Gasteiger partial charge in [-0.05, 0) is 48.7 Å². The van der Waals surface area contributed by atoms with E-state index >= 15 is 0 Å². The van der Waals surface area contributed by atoms with E-state index in [-0.39, 0.29) is 18.2 Å². The van der Waals surface area contributed by atoms with Crippen LogP contribution in [0.15, 0.2) is 42.5 Å². The Hall–Kier alpha value is -2.53. The molecular formula is C21H25ClN2O3. The maximum Gasteiger partial charge on any atom is 0.223 e. The van der Waals surface area contributed by atoms with Crippen molar-refractivity contribution in [2.24, 2.45) is 0 Å². The molecule has 0 saturated carbocycles. The van der Waals surface area contributed by atoms with Gasteiger partial charge in [-0.1, -0.05) is 29.8 Å².